The van der Waals surface area contributed by atoms with Crippen LogP contribution in [0.5, 0.6) is 0 Å². The van der Waals surface area contributed by atoms with Crippen LogP contribution in [0.15, 0.2) is 60.9 Å². The topological polar surface area (TPSA) is 17.8 Å². The molecule has 0 saturated heterocycles. The van der Waals surface area contributed by atoms with E-state index < -0.39 is 0 Å². The normalized spacial score (nSPS) is 10.8. The Morgan fingerprint density at radius 3 is 2.69 bits per heavy atom. The number of nitrogens with zero attached hydrogens (tertiary/aromatic N) is 2. The Bertz CT molecular complexity index is 592. The molecule has 1 heterocycles. The van der Waals surface area contributed by atoms with Gasteiger partial charge in [0, 0.05) is 12.4 Å². The zero-order chi connectivity index (χ0) is 10.8. The van der Waals surface area contributed by atoms with Gasteiger partial charge in [0.25, 0.3) is 0 Å². The van der Waals surface area contributed by atoms with Crippen LogP contribution >= 0.6 is 0 Å². The summed E-state index contributed by atoms with van der Waals surface area (Å²) in [4.78, 5) is 0. The zero-order valence-electron chi connectivity index (χ0n) is 8.88. The first kappa shape index (κ1) is 9.16. The van der Waals surface area contributed by atoms with Gasteiger partial charge in [-0.05, 0) is 22.4 Å². The molecule has 0 N–H and O–H groups in total. The average Bonchev–Trinajstić information content (AvgIpc) is 2.82. The molecule has 0 aliphatic carbocycles. The molecule has 16 heavy (non-hydrogen) atoms. The van der Waals surface area contributed by atoms with Crippen molar-refractivity contribution in [2.75, 3.05) is 0 Å². The summed E-state index contributed by atoms with van der Waals surface area (Å²) < 4.78 is 1.95. The highest BCUT2D eigenvalue weighted by atomic mass is 15.3. The third kappa shape index (κ3) is 1.58. The van der Waals surface area contributed by atoms with Crippen LogP contribution < -0.4 is 0 Å². The highest BCUT2D eigenvalue weighted by Crippen LogP contribution is 2.18. The van der Waals surface area contributed by atoms with E-state index >= 15 is 0 Å². The summed E-state index contributed by atoms with van der Waals surface area (Å²) in [6.45, 7) is 0.828. The van der Waals surface area contributed by atoms with Gasteiger partial charge in [-0.15, -0.1) is 0 Å². The molecule has 3 aromatic rings. The lowest BCUT2D eigenvalue weighted by Crippen LogP contribution is -2.00. The fraction of sp³-hybridized carbons (Fsp3) is 0.0714. The first-order valence-corrected chi connectivity index (χ1v) is 5.37. The molecule has 3 rings (SSSR count). The summed E-state index contributed by atoms with van der Waals surface area (Å²) in [5.41, 5.74) is 1.31. The number of aromatic nitrogens is 2. The van der Waals surface area contributed by atoms with Crippen molar-refractivity contribution in [2.24, 2.45) is 0 Å². The summed E-state index contributed by atoms with van der Waals surface area (Å²) in [5, 5.41) is 6.83. The second-order valence-corrected chi connectivity index (χ2v) is 3.84. The molecule has 0 bridgehead atoms. The van der Waals surface area contributed by atoms with Crippen molar-refractivity contribution in [3.63, 3.8) is 0 Å². The smallest absolute Gasteiger partial charge is 0.0665 e. The van der Waals surface area contributed by atoms with Gasteiger partial charge in [0.1, 0.15) is 0 Å². The number of fused-ring (bicyclic) bond motifs is 1. The van der Waals surface area contributed by atoms with Crippen molar-refractivity contribution in [1.29, 1.82) is 0 Å². The van der Waals surface area contributed by atoms with Gasteiger partial charge >= 0.3 is 0 Å². The van der Waals surface area contributed by atoms with E-state index in [0.29, 0.717) is 0 Å². The molecule has 0 aliphatic heterocycles. The second-order valence-electron chi connectivity index (χ2n) is 3.84. The number of benzene rings is 2. The van der Waals surface area contributed by atoms with Crippen molar-refractivity contribution in [1.82, 2.24) is 9.78 Å². The van der Waals surface area contributed by atoms with Gasteiger partial charge in [0.15, 0.2) is 0 Å². The highest BCUT2D eigenvalue weighted by molar-refractivity contribution is 5.85. The molecule has 1 aromatic heterocycles. The van der Waals surface area contributed by atoms with Gasteiger partial charge in [-0.3, -0.25) is 4.68 Å². The molecule has 0 unspecified atom stereocenters. The average molecular weight is 208 g/mol. The van der Waals surface area contributed by atoms with Crippen LogP contribution in [-0.2, 0) is 6.54 Å². The Labute approximate surface area is 94.1 Å². The van der Waals surface area contributed by atoms with E-state index in [-0.39, 0.29) is 0 Å². The molecule has 0 saturated carbocycles. The van der Waals surface area contributed by atoms with E-state index in [2.05, 4.69) is 47.6 Å². The molecule has 0 aliphatic rings. The molecule has 78 valence electrons. The summed E-state index contributed by atoms with van der Waals surface area (Å²) in [7, 11) is 0. The van der Waals surface area contributed by atoms with Crippen LogP contribution in [0.25, 0.3) is 10.8 Å². The molecule has 0 spiro atoms. The monoisotopic (exact) mass is 208 g/mol. The first-order chi connectivity index (χ1) is 7.93. The third-order valence-corrected chi connectivity index (χ3v) is 2.77. The molecule has 0 radical (unpaired) electrons. The van der Waals surface area contributed by atoms with Crippen LogP contribution in [-0.4, -0.2) is 9.78 Å². The minimum Gasteiger partial charge on any atom is -0.268 e. The van der Waals surface area contributed by atoms with Gasteiger partial charge < -0.3 is 0 Å². The van der Waals surface area contributed by atoms with E-state index in [1.807, 2.05) is 23.1 Å². The second kappa shape index (κ2) is 3.81. The fourth-order valence-electron chi connectivity index (χ4n) is 2.00. The predicted octanol–water partition coefficient (Wildman–Crippen LogP) is 3.08. The van der Waals surface area contributed by atoms with Gasteiger partial charge in [0.05, 0.1) is 6.54 Å². The highest BCUT2D eigenvalue weighted by Gasteiger charge is 2.00. The molecule has 2 nitrogen and oxygen atoms in total. The van der Waals surface area contributed by atoms with Crippen molar-refractivity contribution >= 4 is 10.8 Å². The van der Waals surface area contributed by atoms with E-state index in [1.54, 1.807) is 0 Å². The van der Waals surface area contributed by atoms with Crippen molar-refractivity contribution in [3.05, 3.63) is 66.5 Å². The maximum absolute atomic E-state index is 4.23. The van der Waals surface area contributed by atoms with Crippen molar-refractivity contribution < 1.29 is 0 Å². The van der Waals surface area contributed by atoms with E-state index in [1.165, 1.54) is 16.3 Å². The minimum absolute atomic E-state index is 0.828. The maximum atomic E-state index is 4.23. The Balaban J connectivity index is 2.10. The quantitative estimate of drug-likeness (QED) is 0.632. The lowest BCUT2D eigenvalue weighted by Gasteiger charge is -2.06. The first-order valence-electron chi connectivity index (χ1n) is 5.37. The van der Waals surface area contributed by atoms with Crippen LogP contribution in [0.4, 0.5) is 0 Å². The fourth-order valence-corrected chi connectivity index (χ4v) is 2.00. The summed E-state index contributed by atoms with van der Waals surface area (Å²) in [6.07, 6.45) is 3.80. The lowest BCUT2D eigenvalue weighted by atomic mass is 10.0. The van der Waals surface area contributed by atoms with Crippen LogP contribution in [0, 0.1) is 0 Å². The van der Waals surface area contributed by atoms with Crippen molar-refractivity contribution in [3.8, 4) is 0 Å². The van der Waals surface area contributed by atoms with Gasteiger partial charge in [-0.25, -0.2) is 0 Å². The lowest BCUT2D eigenvalue weighted by molar-refractivity contribution is 0.690. The molecule has 0 atom stereocenters. The third-order valence-electron chi connectivity index (χ3n) is 2.77. The Kier molecular flexibility index (Phi) is 2.18. The summed E-state index contributed by atoms with van der Waals surface area (Å²) in [6, 6.07) is 16.8. The Morgan fingerprint density at radius 2 is 1.81 bits per heavy atom. The number of rotatable bonds is 2. The molecule has 2 heteroatoms. The largest absolute Gasteiger partial charge is 0.268 e. The zero-order valence-corrected chi connectivity index (χ0v) is 8.88. The summed E-state index contributed by atoms with van der Waals surface area (Å²) in [5.74, 6) is 0. The molecular weight excluding hydrogens is 196 g/mol. The molecule has 2 aromatic carbocycles. The summed E-state index contributed by atoms with van der Waals surface area (Å²) >= 11 is 0. The Morgan fingerprint density at radius 1 is 0.938 bits per heavy atom. The predicted molar refractivity (Wildman–Crippen MR) is 65.3 cm³/mol. The van der Waals surface area contributed by atoms with E-state index in [4.69, 9.17) is 0 Å². The minimum atomic E-state index is 0.828. The maximum Gasteiger partial charge on any atom is 0.0665 e. The van der Waals surface area contributed by atoms with E-state index in [9.17, 15) is 0 Å². The van der Waals surface area contributed by atoms with Crippen LogP contribution in [0.3, 0.4) is 0 Å². The van der Waals surface area contributed by atoms with Gasteiger partial charge in [0.2, 0.25) is 0 Å². The van der Waals surface area contributed by atoms with Gasteiger partial charge in [-0.2, -0.15) is 5.10 Å². The van der Waals surface area contributed by atoms with E-state index in [0.717, 1.165) is 6.54 Å². The number of hydrogen-bond donors (Lipinski definition) is 0. The Hall–Kier alpha value is -2.09. The van der Waals surface area contributed by atoms with Crippen LogP contribution in [0.2, 0.25) is 0 Å². The number of hydrogen-bond acceptors (Lipinski definition) is 1. The standard InChI is InChI=1S/C14H12N2/c1-2-8-14-12(5-1)6-3-7-13(14)11-16-10-4-9-15-16/h1-10H,11H2. The molecular formula is C14H12N2. The van der Waals surface area contributed by atoms with Crippen molar-refractivity contribution in [2.45, 2.75) is 6.54 Å². The molecule has 0 amide bonds. The molecule has 0 fully saturated rings. The SMILES string of the molecule is c1ccc2c(Cn3cccn3)cccc2c1. The van der Waals surface area contributed by atoms with Crippen LogP contribution in [0.1, 0.15) is 5.56 Å². The van der Waals surface area contributed by atoms with Gasteiger partial charge in [-0.1, -0.05) is 42.5 Å².